The van der Waals surface area contributed by atoms with E-state index in [0.717, 1.165) is 21.8 Å². The molecule has 4 rings (SSSR count). The Balaban J connectivity index is 1.80. The van der Waals surface area contributed by atoms with Crippen LogP contribution in [0.4, 0.5) is 5.69 Å². The number of thioether (sulfide) groups is 1. The van der Waals surface area contributed by atoms with E-state index in [1.165, 1.54) is 11.8 Å². The van der Waals surface area contributed by atoms with E-state index in [1.807, 2.05) is 48.5 Å². The molecule has 9 heteroatoms. The van der Waals surface area contributed by atoms with Crippen molar-refractivity contribution >= 4 is 69.0 Å². The molecule has 1 N–H and O–H groups in total. The van der Waals surface area contributed by atoms with Crippen LogP contribution in [0.15, 0.2) is 94.8 Å². The molecule has 0 aliphatic rings. The molecule has 4 nitrogen and oxygen atoms in total. The molecular formula is C28H22Cl4N2O2S. The highest BCUT2D eigenvalue weighted by molar-refractivity contribution is 8.13. The van der Waals surface area contributed by atoms with E-state index in [9.17, 15) is 5.11 Å². The largest absolute Gasteiger partial charge is 0.508 e. The lowest BCUT2D eigenvalue weighted by molar-refractivity contribution is 0.413. The van der Waals surface area contributed by atoms with Crippen molar-refractivity contribution in [3.8, 4) is 11.5 Å². The molecule has 0 amide bonds. The number of amidine groups is 1. The third-order valence-electron chi connectivity index (χ3n) is 5.26. The Morgan fingerprint density at radius 3 is 2.16 bits per heavy atom. The zero-order valence-corrected chi connectivity index (χ0v) is 23.5. The van der Waals surface area contributed by atoms with Crippen molar-refractivity contribution in [2.75, 3.05) is 7.11 Å². The summed E-state index contributed by atoms with van der Waals surface area (Å²) in [7, 11) is 1.63. The Bertz CT molecular complexity index is 1390. The van der Waals surface area contributed by atoms with Crippen LogP contribution in [0.2, 0.25) is 20.1 Å². The van der Waals surface area contributed by atoms with Gasteiger partial charge in [-0.3, -0.25) is 0 Å². The molecule has 0 aromatic heterocycles. The quantitative estimate of drug-likeness (QED) is 0.132. The van der Waals surface area contributed by atoms with E-state index in [4.69, 9.17) is 56.1 Å². The van der Waals surface area contributed by atoms with Crippen LogP contribution in [0.5, 0.6) is 11.5 Å². The summed E-state index contributed by atoms with van der Waals surface area (Å²) in [6, 6.07) is 25.6. The second-order valence-electron chi connectivity index (χ2n) is 8.07. The van der Waals surface area contributed by atoms with E-state index in [-0.39, 0.29) is 5.75 Å². The number of rotatable bonds is 7. The Kier molecular flexibility index (Phi) is 9.52. The number of nitrogens with zero attached hydrogens (tertiary/aromatic N) is 2. The van der Waals surface area contributed by atoms with Crippen molar-refractivity contribution in [3.63, 3.8) is 0 Å². The van der Waals surface area contributed by atoms with Crippen molar-refractivity contribution < 1.29 is 9.84 Å². The number of phenolic OH excluding ortho intramolecular Hbond substituents is 1. The van der Waals surface area contributed by atoms with Crippen LogP contribution in [0.3, 0.4) is 0 Å². The fourth-order valence-corrected chi connectivity index (χ4v) is 5.29. The minimum absolute atomic E-state index is 0.202. The van der Waals surface area contributed by atoms with Crippen LogP contribution in [-0.2, 0) is 13.1 Å². The van der Waals surface area contributed by atoms with Crippen LogP contribution in [0.25, 0.3) is 0 Å². The number of phenols is 1. The highest BCUT2D eigenvalue weighted by atomic mass is 35.5. The summed E-state index contributed by atoms with van der Waals surface area (Å²) < 4.78 is 5.42. The van der Waals surface area contributed by atoms with E-state index in [0.29, 0.717) is 44.0 Å². The summed E-state index contributed by atoms with van der Waals surface area (Å²) in [6.07, 6.45) is 0. The lowest BCUT2D eigenvalue weighted by atomic mass is 10.1. The van der Waals surface area contributed by atoms with Crippen LogP contribution in [-0.4, -0.2) is 22.3 Å². The average molecular weight is 592 g/mol. The van der Waals surface area contributed by atoms with E-state index in [2.05, 4.69) is 4.90 Å². The molecule has 190 valence electrons. The van der Waals surface area contributed by atoms with Crippen LogP contribution >= 0.6 is 58.2 Å². The number of ether oxygens (including phenoxy) is 1. The Morgan fingerprint density at radius 2 is 1.49 bits per heavy atom. The first-order valence-electron chi connectivity index (χ1n) is 11.1. The maximum absolute atomic E-state index is 9.78. The molecule has 0 bridgehead atoms. The van der Waals surface area contributed by atoms with Crippen LogP contribution in [0, 0.1) is 0 Å². The summed E-state index contributed by atoms with van der Waals surface area (Å²) in [4.78, 5) is 8.03. The highest BCUT2D eigenvalue weighted by Crippen LogP contribution is 2.32. The van der Waals surface area contributed by atoms with Gasteiger partial charge in [-0.1, -0.05) is 82.4 Å². The molecule has 37 heavy (non-hydrogen) atoms. The standard InChI is InChI=1S/C28H22Cl4N2O2S/c1-36-24-3-2-4-25(15-24)37-28(33-22-13-20(29)12-21(30)14-22)34(16-18-5-8-23(35)9-6-18)17-19-7-10-26(31)27(32)11-19/h2-15,35H,16-17H2,1H3. The van der Waals surface area contributed by atoms with Gasteiger partial charge in [-0.15, -0.1) is 0 Å². The first-order chi connectivity index (χ1) is 17.8. The maximum atomic E-state index is 9.78. The second-order valence-corrected chi connectivity index (χ2v) is 10.8. The minimum Gasteiger partial charge on any atom is -0.508 e. The number of hydrogen-bond acceptors (Lipinski definition) is 4. The average Bonchev–Trinajstić information content (AvgIpc) is 2.86. The van der Waals surface area contributed by atoms with Gasteiger partial charge < -0.3 is 14.7 Å². The molecule has 0 fully saturated rings. The smallest absolute Gasteiger partial charge is 0.169 e. The van der Waals surface area contributed by atoms with Crippen molar-refractivity contribution in [3.05, 3.63) is 116 Å². The van der Waals surface area contributed by atoms with Crippen LogP contribution < -0.4 is 4.74 Å². The van der Waals surface area contributed by atoms with Crippen LogP contribution in [0.1, 0.15) is 11.1 Å². The van der Waals surface area contributed by atoms with E-state index >= 15 is 0 Å². The number of methoxy groups -OCH3 is 1. The molecule has 0 atom stereocenters. The first kappa shape index (κ1) is 27.5. The highest BCUT2D eigenvalue weighted by Gasteiger charge is 2.17. The van der Waals surface area contributed by atoms with Crippen molar-refractivity contribution in [2.24, 2.45) is 4.99 Å². The molecule has 0 spiro atoms. The van der Waals surface area contributed by atoms with Gasteiger partial charge in [0, 0.05) is 28.0 Å². The van der Waals surface area contributed by atoms with Gasteiger partial charge in [-0.25, -0.2) is 4.99 Å². The Labute approximate surface area is 240 Å². The molecule has 4 aromatic carbocycles. The zero-order chi connectivity index (χ0) is 26.4. The summed E-state index contributed by atoms with van der Waals surface area (Å²) in [5, 5.41) is 12.4. The van der Waals surface area contributed by atoms with Gasteiger partial charge in [-0.2, -0.15) is 0 Å². The van der Waals surface area contributed by atoms with E-state index < -0.39 is 0 Å². The molecule has 4 aromatic rings. The molecule has 0 saturated carbocycles. The van der Waals surface area contributed by atoms with Crippen molar-refractivity contribution in [2.45, 2.75) is 18.0 Å². The summed E-state index contributed by atoms with van der Waals surface area (Å²) in [5.41, 5.74) is 2.56. The molecule has 0 aliphatic heterocycles. The van der Waals surface area contributed by atoms with Gasteiger partial charge in [-0.05, 0) is 71.8 Å². The third-order valence-corrected chi connectivity index (χ3v) is 7.46. The predicted molar refractivity (Wildman–Crippen MR) is 156 cm³/mol. The lowest BCUT2D eigenvalue weighted by Crippen LogP contribution is -2.28. The molecule has 0 heterocycles. The Hall–Kier alpha value is -2.54. The maximum Gasteiger partial charge on any atom is 0.169 e. The van der Waals surface area contributed by atoms with Crippen molar-refractivity contribution in [1.29, 1.82) is 0 Å². The summed E-state index contributed by atoms with van der Waals surface area (Å²) in [6.45, 7) is 0.993. The fourth-order valence-electron chi connectivity index (χ4n) is 3.51. The van der Waals surface area contributed by atoms with Gasteiger partial charge in [0.1, 0.15) is 11.5 Å². The fraction of sp³-hybridized carbons (Fsp3) is 0.107. The molecule has 0 unspecified atom stereocenters. The summed E-state index contributed by atoms with van der Waals surface area (Å²) in [5.74, 6) is 0.942. The lowest BCUT2D eigenvalue weighted by Gasteiger charge is -2.26. The Morgan fingerprint density at radius 1 is 0.811 bits per heavy atom. The first-order valence-corrected chi connectivity index (χ1v) is 13.5. The number of aliphatic imine (C=N–C) groups is 1. The number of halogens is 4. The number of hydrogen-bond donors (Lipinski definition) is 1. The molecular weight excluding hydrogens is 570 g/mol. The van der Waals surface area contributed by atoms with Gasteiger partial charge in [0.15, 0.2) is 5.17 Å². The minimum atomic E-state index is 0.202. The molecule has 0 saturated heterocycles. The van der Waals surface area contributed by atoms with Crippen molar-refractivity contribution in [1.82, 2.24) is 4.90 Å². The van der Waals surface area contributed by atoms with Gasteiger partial charge in [0.25, 0.3) is 0 Å². The van der Waals surface area contributed by atoms with Gasteiger partial charge in [0.2, 0.25) is 0 Å². The number of aromatic hydroxyl groups is 1. The molecule has 0 aliphatic carbocycles. The van der Waals surface area contributed by atoms with E-state index in [1.54, 1.807) is 43.5 Å². The van der Waals surface area contributed by atoms with Gasteiger partial charge >= 0.3 is 0 Å². The molecule has 0 radical (unpaired) electrons. The second kappa shape index (κ2) is 12.8. The normalized spacial score (nSPS) is 11.4. The SMILES string of the molecule is COc1cccc(SC(=Nc2cc(Cl)cc(Cl)c2)N(Cc2ccc(O)cc2)Cc2ccc(Cl)c(Cl)c2)c1. The predicted octanol–water partition coefficient (Wildman–Crippen LogP) is 9.50. The summed E-state index contributed by atoms with van der Waals surface area (Å²) >= 11 is 26.5. The third kappa shape index (κ3) is 7.97. The zero-order valence-electron chi connectivity index (χ0n) is 19.7. The topological polar surface area (TPSA) is 45.1 Å². The van der Waals surface area contributed by atoms with Gasteiger partial charge in [0.05, 0.1) is 22.8 Å². The monoisotopic (exact) mass is 590 g/mol. The number of benzene rings is 4.